The molecule has 0 aliphatic rings. The Morgan fingerprint density at radius 1 is 1.25 bits per heavy atom. The van der Waals surface area contributed by atoms with Crippen LogP contribution < -0.4 is 4.74 Å². The maximum Gasteiger partial charge on any atom is 0.358 e. The van der Waals surface area contributed by atoms with Gasteiger partial charge in [0, 0.05) is 10.7 Å². The second-order valence-electron chi connectivity index (χ2n) is 4.06. The fourth-order valence-corrected chi connectivity index (χ4v) is 2.26. The van der Waals surface area contributed by atoms with Gasteiger partial charge in [-0.05, 0) is 30.3 Å². The average molecular weight is 333 g/mol. The highest BCUT2D eigenvalue weighted by Gasteiger charge is 2.20. The topological polar surface area (TPSA) is 63.8 Å². The molecule has 0 amide bonds. The summed E-state index contributed by atoms with van der Waals surface area (Å²) in [6, 6.07) is 12.4. The Morgan fingerprint density at radius 2 is 2.10 bits per heavy atom. The molecule has 100 valence electrons. The van der Waals surface area contributed by atoms with Crippen molar-refractivity contribution < 1.29 is 14.6 Å². The van der Waals surface area contributed by atoms with Crippen molar-refractivity contribution in [3.05, 3.63) is 58.8 Å². The molecule has 0 aliphatic heterocycles. The zero-order chi connectivity index (χ0) is 14.1. The summed E-state index contributed by atoms with van der Waals surface area (Å²) in [5.41, 5.74) is 0.524. The fourth-order valence-electron chi connectivity index (χ4n) is 1.88. The summed E-state index contributed by atoms with van der Waals surface area (Å²) in [5.74, 6) is -0.499. The van der Waals surface area contributed by atoms with Crippen LogP contribution in [-0.2, 0) is 0 Å². The lowest BCUT2D eigenvalue weighted by Gasteiger charge is -2.03. The highest BCUT2D eigenvalue weighted by atomic mass is 79.9. The molecule has 0 saturated carbocycles. The van der Waals surface area contributed by atoms with Crippen LogP contribution in [0.3, 0.4) is 0 Å². The minimum Gasteiger partial charge on any atom is -0.476 e. The molecule has 5 nitrogen and oxygen atoms in total. The SMILES string of the molecule is O=C(O)c1c(Oc2cccc(Br)c2)nc2ccccn12. The van der Waals surface area contributed by atoms with Crippen LogP contribution in [0.4, 0.5) is 0 Å². The number of imidazole rings is 1. The summed E-state index contributed by atoms with van der Waals surface area (Å²) in [4.78, 5) is 15.6. The van der Waals surface area contributed by atoms with Crippen LogP contribution in [0.15, 0.2) is 53.1 Å². The van der Waals surface area contributed by atoms with Crippen molar-refractivity contribution in [3.63, 3.8) is 0 Å². The number of carbonyl (C=O) groups is 1. The molecule has 20 heavy (non-hydrogen) atoms. The number of rotatable bonds is 3. The molecule has 1 aromatic carbocycles. The highest BCUT2D eigenvalue weighted by molar-refractivity contribution is 9.10. The summed E-state index contributed by atoms with van der Waals surface area (Å²) >= 11 is 3.34. The molecule has 3 rings (SSSR count). The molecule has 0 saturated heterocycles. The molecule has 0 fully saturated rings. The largest absolute Gasteiger partial charge is 0.476 e. The quantitative estimate of drug-likeness (QED) is 0.796. The summed E-state index contributed by atoms with van der Waals surface area (Å²) < 4.78 is 7.92. The number of hydrogen-bond acceptors (Lipinski definition) is 3. The smallest absolute Gasteiger partial charge is 0.358 e. The monoisotopic (exact) mass is 332 g/mol. The molecule has 2 aromatic heterocycles. The molecule has 1 N–H and O–H groups in total. The first-order chi connectivity index (χ1) is 9.65. The number of nitrogens with zero attached hydrogens (tertiary/aromatic N) is 2. The van der Waals surface area contributed by atoms with Gasteiger partial charge in [-0.1, -0.05) is 28.1 Å². The lowest BCUT2D eigenvalue weighted by molar-refractivity contribution is 0.0686. The number of ether oxygens (including phenoxy) is 1. The number of fused-ring (bicyclic) bond motifs is 1. The van der Waals surface area contributed by atoms with Gasteiger partial charge in [-0.25, -0.2) is 4.79 Å². The van der Waals surface area contributed by atoms with Gasteiger partial charge in [0.1, 0.15) is 11.4 Å². The highest BCUT2D eigenvalue weighted by Crippen LogP contribution is 2.27. The van der Waals surface area contributed by atoms with Gasteiger partial charge in [0.15, 0.2) is 5.69 Å². The van der Waals surface area contributed by atoms with Crippen LogP contribution in [0.25, 0.3) is 5.65 Å². The van der Waals surface area contributed by atoms with E-state index in [2.05, 4.69) is 20.9 Å². The third-order valence-corrected chi connectivity index (χ3v) is 3.20. The zero-order valence-electron chi connectivity index (χ0n) is 10.2. The molecule has 0 atom stereocenters. The van der Waals surface area contributed by atoms with E-state index >= 15 is 0 Å². The van der Waals surface area contributed by atoms with Gasteiger partial charge in [-0.3, -0.25) is 4.40 Å². The summed E-state index contributed by atoms with van der Waals surface area (Å²) in [7, 11) is 0. The predicted octanol–water partition coefficient (Wildman–Crippen LogP) is 3.59. The van der Waals surface area contributed by atoms with Gasteiger partial charge in [-0.15, -0.1) is 0 Å². The first kappa shape index (κ1) is 12.7. The van der Waals surface area contributed by atoms with E-state index in [1.807, 2.05) is 6.07 Å². The van der Waals surface area contributed by atoms with E-state index in [0.717, 1.165) is 4.47 Å². The van der Waals surface area contributed by atoms with Gasteiger partial charge in [-0.2, -0.15) is 4.98 Å². The molecule has 0 unspecified atom stereocenters. The van der Waals surface area contributed by atoms with E-state index in [4.69, 9.17) is 4.74 Å². The number of carboxylic acids is 1. The number of benzene rings is 1. The number of halogens is 1. The molecule has 0 radical (unpaired) electrons. The minimum atomic E-state index is -1.09. The number of pyridine rings is 1. The average Bonchev–Trinajstić information content (AvgIpc) is 2.76. The number of aromatic carboxylic acids is 1. The van der Waals surface area contributed by atoms with Crippen molar-refractivity contribution in [3.8, 4) is 11.6 Å². The normalized spacial score (nSPS) is 10.7. The molecule has 0 bridgehead atoms. The fraction of sp³-hybridized carbons (Fsp3) is 0. The zero-order valence-corrected chi connectivity index (χ0v) is 11.7. The number of aromatic nitrogens is 2. The first-order valence-electron chi connectivity index (χ1n) is 5.79. The summed E-state index contributed by atoms with van der Waals surface area (Å²) in [6.07, 6.45) is 1.64. The predicted molar refractivity (Wildman–Crippen MR) is 76.4 cm³/mol. The van der Waals surface area contributed by atoms with Gasteiger partial charge >= 0.3 is 5.97 Å². The van der Waals surface area contributed by atoms with E-state index in [9.17, 15) is 9.90 Å². The summed E-state index contributed by atoms with van der Waals surface area (Å²) in [6.45, 7) is 0. The molecule has 0 aliphatic carbocycles. The third kappa shape index (κ3) is 2.25. The van der Waals surface area contributed by atoms with Crippen LogP contribution >= 0.6 is 15.9 Å². The second-order valence-corrected chi connectivity index (χ2v) is 4.97. The van der Waals surface area contributed by atoms with Crippen LogP contribution in [0, 0.1) is 0 Å². The van der Waals surface area contributed by atoms with E-state index in [-0.39, 0.29) is 11.6 Å². The molecule has 0 spiro atoms. The van der Waals surface area contributed by atoms with Crippen LogP contribution in [0.2, 0.25) is 0 Å². The third-order valence-electron chi connectivity index (χ3n) is 2.71. The van der Waals surface area contributed by atoms with E-state index < -0.39 is 5.97 Å². The van der Waals surface area contributed by atoms with Crippen molar-refractivity contribution in [2.24, 2.45) is 0 Å². The van der Waals surface area contributed by atoms with E-state index in [0.29, 0.717) is 11.4 Å². The summed E-state index contributed by atoms with van der Waals surface area (Å²) in [5, 5.41) is 9.34. The van der Waals surface area contributed by atoms with E-state index in [1.165, 1.54) is 4.40 Å². The Kier molecular flexibility index (Phi) is 3.15. The van der Waals surface area contributed by atoms with Crippen molar-refractivity contribution in [1.82, 2.24) is 9.38 Å². The molecule has 2 heterocycles. The van der Waals surface area contributed by atoms with Gasteiger partial charge in [0.05, 0.1) is 0 Å². The number of carboxylic acid groups (broad SMARTS) is 1. The first-order valence-corrected chi connectivity index (χ1v) is 6.58. The van der Waals surface area contributed by atoms with Crippen molar-refractivity contribution in [2.45, 2.75) is 0 Å². The maximum absolute atomic E-state index is 11.4. The molecular weight excluding hydrogens is 324 g/mol. The van der Waals surface area contributed by atoms with Gasteiger partial charge in [0.2, 0.25) is 0 Å². The van der Waals surface area contributed by atoms with E-state index in [1.54, 1.807) is 42.6 Å². The Morgan fingerprint density at radius 3 is 2.85 bits per heavy atom. The van der Waals surface area contributed by atoms with Crippen LogP contribution in [0.1, 0.15) is 10.5 Å². The van der Waals surface area contributed by atoms with Crippen LogP contribution in [0.5, 0.6) is 11.6 Å². The lowest BCUT2D eigenvalue weighted by Crippen LogP contribution is -2.03. The Balaban J connectivity index is 2.11. The molecule has 6 heteroatoms. The van der Waals surface area contributed by atoms with Crippen molar-refractivity contribution in [1.29, 1.82) is 0 Å². The Bertz CT molecular complexity index is 798. The van der Waals surface area contributed by atoms with Crippen molar-refractivity contribution in [2.75, 3.05) is 0 Å². The number of hydrogen-bond donors (Lipinski definition) is 1. The maximum atomic E-state index is 11.4. The molecule has 3 aromatic rings. The van der Waals surface area contributed by atoms with Gasteiger partial charge in [0.25, 0.3) is 5.88 Å². The standard InChI is InChI=1S/C14H9BrN2O3/c15-9-4-3-5-10(8-9)20-13-12(14(18)19)17-7-2-1-6-11(17)16-13/h1-8H,(H,18,19). The second kappa shape index (κ2) is 4.97. The molecular formula is C14H9BrN2O3. The van der Waals surface area contributed by atoms with Crippen molar-refractivity contribution >= 4 is 27.5 Å². The van der Waals surface area contributed by atoms with Crippen LogP contribution in [-0.4, -0.2) is 20.5 Å². The Labute approximate surface area is 122 Å². The van der Waals surface area contributed by atoms with Gasteiger partial charge < -0.3 is 9.84 Å². The Hall–Kier alpha value is -2.34. The lowest BCUT2D eigenvalue weighted by atomic mass is 10.3. The minimum absolute atomic E-state index is 0.000533.